The summed E-state index contributed by atoms with van der Waals surface area (Å²) in [4.78, 5) is 14.9. The highest BCUT2D eigenvalue weighted by Gasteiger charge is 2.24. The number of rotatable bonds is 6. The first kappa shape index (κ1) is 20.4. The number of anilines is 2. The van der Waals surface area contributed by atoms with Gasteiger partial charge in [-0.2, -0.15) is 0 Å². The van der Waals surface area contributed by atoms with Crippen molar-refractivity contribution in [3.05, 3.63) is 60.4 Å². The molecule has 1 N–H and O–H groups in total. The number of nitrogens with zero attached hydrogens (tertiary/aromatic N) is 4. The number of piperidine rings is 1. The molecule has 30 heavy (non-hydrogen) atoms. The Hall–Kier alpha value is -2.87. The van der Waals surface area contributed by atoms with Crippen LogP contribution in [-0.4, -0.2) is 39.0 Å². The van der Waals surface area contributed by atoms with Crippen molar-refractivity contribution in [2.24, 2.45) is 0 Å². The van der Waals surface area contributed by atoms with E-state index in [0.717, 1.165) is 37.6 Å². The number of hydrogen-bond donors (Lipinski definition) is 1. The van der Waals surface area contributed by atoms with Gasteiger partial charge in [-0.25, -0.2) is 4.39 Å². The zero-order chi connectivity index (χ0) is 20.9. The van der Waals surface area contributed by atoms with E-state index < -0.39 is 5.25 Å². The van der Waals surface area contributed by atoms with Crippen molar-refractivity contribution >= 4 is 29.3 Å². The van der Waals surface area contributed by atoms with Gasteiger partial charge in [0.05, 0.1) is 10.9 Å². The number of aromatic nitrogens is 3. The third-order valence-corrected chi connectivity index (χ3v) is 6.06. The lowest BCUT2D eigenvalue weighted by atomic mass is 10.1. The van der Waals surface area contributed by atoms with Gasteiger partial charge in [0.2, 0.25) is 11.9 Å². The molecule has 2 heterocycles. The smallest absolute Gasteiger partial charge is 0.237 e. The number of hydrogen-bond acceptors (Lipinski definition) is 5. The van der Waals surface area contributed by atoms with E-state index in [2.05, 4.69) is 20.4 Å². The van der Waals surface area contributed by atoms with Crippen LogP contribution in [0.2, 0.25) is 0 Å². The van der Waals surface area contributed by atoms with Crippen LogP contribution < -0.4 is 10.2 Å². The molecule has 0 saturated carbocycles. The predicted molar refractivity (Wildman–Crippen MR) is 118 cm³/mol. The Morgan fingerprint density at radius 2 is 1.83 bits per heavy atom. The van der Waals surface area contributed by atoms with Crippen molar-refractivity contribution in [2.75, 3.05) is 23.3 Å². The summed E-state index contributed by atoms with van der Waals surface area (Å²) in [5.74, 6) is 0.206. The third-order valence-electron chi connectivity index (χ3n) is 5.01. The molecule has 1 amide bonds. The molecular weight excluding hydrogens is 401 g/mol. The van der Waals surface area contributed by atoms with Gasteiger partial charge in [0.25, 0.3) is 0 Å². The number of carbonyl (C=O) groups is 1. The Balaban J connectivity index is 1.57. The van der Waals surface area contributed by atoms with Crippen LogP contribution >= 0.6 is 11.8 Å². The minimum Gasteiger partial charge on any atom is -0.341 e. The molecule has 1 aromatic heterocycles. The lowest BCUT2D eigenvalue weighted by Gasteiger charge is -2.28. The molecule has 0 radical (unpaired) electrons. The first-order valence-electron chi connectivity index (χ1n) is 10.1. The van der Waals surface area contributed by atoms with E-state index in [4.69, 9.17) is 0 Å². The molecule has 6 nitrogen and oxygen atoms in total. The molecular formula is C22H24FN5OS. The number of halogens is 1. The van der Waals surface area contributed by atoms with Crippen LogP contribution in [0.3, 0.4) is 0 Å². The van der Waals surface area contributed by atoms with Crippen LogP contribution in [0.4, 0.5) is 16.0 Å². The van der Waals surface area contributed by atoms with E-state index in [1.165, 1.54) is 30.3 Å². The molecule has 156 valence electrons. The minimum absolute atomic E-state index is 0.215. The second-order valence-corrected chi connectivity index (χ2v) is 8.57. The summed E-state index contributed by atoms with van der Waals surface area (Å²) in [5.41, 5.74) is 1.40. The van der Waals surface area contributed by atoms with Gasteiger partial charge in [-0.15, -0.1) is 10.2 Å². The van der Waals surface area contributed by atoms with Crippen LogP contribution in [0.15, 0.2) is 59.8 Å². The maximum absolute atomic E-state index is 13.4. The summed E-state index contributed by atoms with van der Waals surface area (Å²) in [7, 11) is 0. The van der Waals surface area contributed by atoms with E-state index in [-0.39, 0.29) is 11.7 Å². The van der Waals surface area contributed by atoms with E-state index in [1.54, 1.807) is 12.1 Å². The Bertz CT molecular complexity index is 1000. The summed E-state index contributed by atoms with van der Waals surface area (Å²) in [6.07, 6.45) is 3.50. The van der Waals surface area contributed by atoms with Gasteiger partial charge in [-0.3, -0.25) is 9.36 Å². The zero-order valence-electron chi connectivity index (χ0n) is 16.8. The highest BCUT2D eigenvalue weighted by atomic mass is 32.2. The second-order valence-electron chi connectivity index (χ2n) is 7.26. The van der Waals surface area contributed by atoms with E-state index in [1.807, 2.05) is 41.8 Å². The minimum atomic E-state index is -0.436. The molecule has 1 unspecified atom stereocenters. The van der Waals surface area contributed by atoms with E-state index in [0.29, 0.717) is 10.8 Å². The number of carbonyl (C=O) groups excluding carboxylic acids is 1. The summed E-state index contributed by atoms with van der Waals surface area (Å²) >= 11 is 1.34. The quantitative estimate of drug-likeness (QED) is 0.589. The number of nitrogens with one attached hydrogen (secondary N) is 1. The number of thioether (sulfide) groups is 1. The first-order chi connectivity index (χ1) is 14.6. The van der Waals surface area contributed by atoms with Crippen molar-refractivity contribution < 1.29 is 9.18 Å². The maximum Gasteiger partial charge on any atom is 0.237 e. The fourth-order valence-electron chi connectivity index (χ4n) is 3.46. The SMILES string of the molecule is CC(Sc1nnc(N2CCCCC2)n1-c1ccccc1)C(=O)Nc1cccc(F)c1. The Kier molecular flexibility index (Phi) is 6.32. The van der Waals surface area contributed by atoms with E-state index >= 15 is 0 Å². The third kappa shape index (κ3) is 4.64. The van der Waals surface area contributed by atoms with Gasteiger partial charge < -0.3 is 10.2 Å². The molecule has 2 aromatic carbocycles. The number of benzene rings is 2. The molecule has 0 aliphatic carbocycles. The molecule has 4 rings (SSSR count). The van der Waals surface area contributed by atoms with Crippen molar-refractivity contribution in [3.63, 3.8) is 0 Å². The van der Waals surface area contributed by atoms with Crippen LogP contribution in [0.5, 0.6) is 0 Å². The van der Waals surface area contributed by atoms with Crippen LogP contribution in [-0.2, 0) is 4.79 Å². The Labute approximate surface area is 179 Å². The number of para-hydroxylation sites is 1. The molecule has 1 atom stereocenters. The molecule has 8 heteroatoms. The Morgan fingerprint density at radius 1 is 1.07 bits per heavy atom. The molecule has 0 bridgehead atoms. The van der Waals surface area contributed by atoms with Gasteiger partial charge in [-0.1, -0.05) is 36.0 Å². The van der Waals surface area contributed by atoms with Crippen molar-refractivity contribution in [2.45, 2.75) is 36.6 Å². The molecule has 1 aliphatic rings. The fraction of sp³-hybridized carbons (Fsp3) is 0.318. The summed E-state index contributed by atoms with van der Waals surface area (Å²) < 4.78 is 15.4. The van der Waals surface area contributed by atoms with E-state index in [9.17, 15) is 9.18 Å². The highest BCUT2D eigenvalue weighted by Crippen LogP contribution is 2.30. The molecule has 1 fully saturated rings. The fourth-order valence-corrected chi connectivity index (χ4v) is 4.32. The standard InChI is InChI=1S/C22H24FN5OS/c1-16(20(29)24-18-10-8-9-17(23)15-18)30-22-26-25-21(27-13-6-3-7-14-27)28(22)19-11-4-2-5-12-19/h2,4-5,8-12,15-16H,3,6-7,13-14H2,1H3,(H,24,29). The average Bonchev–Trinajstić information content (AvgIpc) is 3.18. The molecule has 3 aromatic rings. The number of amides is 1. The molecule has 1 aliphatic heterocycles. The largest absolute Gasteiger partial charge is 0.341 e. The van der Waals surface area contributed by atoms with Crippen LogP contribution in [0.25, 0.3) is 5.69 Å². The van der Waals surface area contributed by atoms with Gasteiger partial charge in [0.1, 0.15) is 5.82 Å². The highest BCUT2D eigenvalue weighted by molar-refractivity contribution is 8.00. The van der Waals surface area contributed by atoms with Crippen molar-refractivity contribution in [1.82, 2.24) is 14.8 Å². The zero-order valence-corrected chi connectivity index (χ0v) is 17.6. The summed E-state index contributed by atoms with van der Waals surface area (Å²) in [6, 6.07) is 15.8. The molecule has 0 spiro atoms. The summed E-state index contributed by atoms with van der Waals surface area (Å²) in [6.45, 7) is 3.71. The predicted octanol–water partition coefficient (Wildman–Crippen LogP) is 4.52. The average molecular weight is 426 g/mol. The topological polar surface area (TPSA) is 63.1 Å². The monoisotopic (exact) mass is 425 g/mol. The normalized spacial score (nSPS) is 15.1. The maximum atomic E-state index is 13.4. The van der Waals surface area contributed by atoms with Gasteiger partial charge in [-0.05, 0) is 56.5 Å². The Morgan fingerprint density at radius 3 is 2.57 bits per heavy atom. The second kappa shape index (κ2) is 9.30. The lowest BCUT2D eigenvalue weighted by molar-refractivity contribution is -0.115. The van der Waals surface area contributed by atoms with Gasteiger partial charge in [0.15, 0.2) is 5.16 Å². The van der Waals surface area contributed by atoms with Crippen LogP contribution in [0, 0.1) is 5.82 Å². The first-order valence-corrected chi connectivity index (χ1v) is 11.0. The van der Waals surface area contributed by atoms with Crippen molar-refractivity contribution in [3.8, 4) is 5.69 Å². The van der Waals surface area contributed by atoms with Crippen molar-refractivity contribution in [1.29, 1.82) is 0 Å². The van der Waals surface area contributed by atoms with Crippen LogP contribution in [0.1, 0.15) is 26.2 Å². The molecule has 1 saturated heterocycles. The van der Waals surface area contributed by atoms with Gasteiger partial charge in [0, 0.05) is 18.8 Å². The lowest BCUT2D eigenvalue weighted by Crippen LogP contribution is -2.31. The summed E-state index contributed by atoms with van der Waals surface area (Å²) in [5, 5.41) is 11.9. The van der Waals surface area contributed by atoms with Gasteiger partial charge >= 0.3 is 0 Å².